The molecule has 0 spiro atoms. The van der Waals surface area contributed by atoms with Gasteiger partial charge in [-0.2, -0.15) is 0 Å². The van der Waals surface area contributed by atoms with E-state index in [2.05, 4.69) is 30.8 Å². The van der Waals surface area contributed by atoms with Crippen molar-refractivity contribution in [3.63, 3.8) is 0 Å². The maximum absolute atomic E-state index is 12.4. The third-order valence-corrected chi connectivity index (χ3v) is 5.05. The second kappa shape index (κ2) is 9.53. The molecule has 31 heavy (non-hydrogen) atoms. The summed E-state index contributed by atoms with van der Waals surface area (Å²) in [5.41, 5.74) is 0.398. The molecule has 0 aliphatic carbocycles. The second-order valence-corrected chi connectivity index (χ2v) is 7.12. The SMILES string of the molecule is O=C(Nc1cc(Nc2nc(N3CCNCC3)ccc2[N+](=O)[O-])ccn1)N1CCOCC1. The van der Waals surface area contributed by atoms with Crippen LogP contribution in [-0.4, -0.2) is 78.3 Å². The van der Waals surface area contributed by atoms with E-state index in [-0.39, 0.29) is 17.5 Å². The van der Waals surface area contributed by atoms with Crippen LogP contribution in [0.3, 0.4) is 0 Å². The Hall–Kier alpha value is -3.51. The molecule has 0 aromatic carbocycles. The van der Waals surface area contributed by atoms with E-state index >= 15 is 0 Å². The van der Waals surface area contributed by atoms with Crippen LogP contribution >= 0.6 is 0 Å². The summed E-state index contributed by atoms with van der Waals surface area (Å²) in [6.07, 6.45) is 1.52. The molecule has 2 aliphatic heterocycles. The van der Waals surface area contributed by atoms with Crippen LogP contribution < -0.4 is 20.9 Å². The van der Waals surface area contributed by atoms with Crippen molar-refractivity contribution in [3.05, 3.63) is 40.6 Å². The summed E-state index contributed by atoms with van der Waals surface area (Å²) < 4.78 is 5.25. The molecule has 4 heterocycles. The first kappa shape index (κ1) is 20.8. The zero-order valence-electron chi connectivity index (χ0n) is 16.9. The molecule has 2 saturated heterocycles. The van der Waals surface area contributed by atoms with Gasteiger partial charge in [0, 0.05) is 63.3 Å². The number of urea groups is 1. The molecular formula is C19H24N8O4. The number of hydrogen-bond donors (Lipinski definition) is 3. The Bertz CT molecular complexity index is 944. The first-order chi connectivity index (χ1) is 15.1. The summed E-state index contributed by atoms with van der Waals surface area (Å²) in [5, 5.41) is 20.5. The van der Waals surface area contributed by atoms with Crippen molar-refractivity contribution in [3.8, 4) is 0 Å². The van der Waals surface area contributed by atoms with Crippen molar-refractivity contribution in [2.45, 2.75) is 0 Å². The number of nitro groups is 1. The Kier molecular flexibility index (Phi) is 6.38. The van der Waals surface area contributed by atoms with Gasteiger partial charge in [-0.05, 0) is 12.1 Å². The number of piperazine rings is 1. The zero-order valence-corrected chi connectivity index (χ0v) is 16.9. The van der Waals surface area contributed by atoms with Crippen molar-refractivity contribution in [1.82, 2.24) is 20.2 Å². The molecule has 2 aliphatic rings. The number of nitrogens with zero attached hydrogens (tertiary/aromatic N) is 5. The van der Waals surface area contributed by atoms with Crippen LogP contribution in [0.4, 0.5) is 33.6 Å². The molecule has 12 heteroatoms. The number of amides is 2. The lowest BCUT2D eigenvalue weighted by molar-refractivity contribution is -0.384. The van der Waals surface area contributed by atoms with Crippen LogP contribution in [0.25, 0.3) is 0 Å². The summed E-state index contributed by atoms with van der Waals surface area (Å²) in [7, 11) is 0. The van der Waals surface area contributed by atoms with Crippen LogP contribution in [0, 0.1) is 10.1 Å². The van der Waals surface area contributed by atoms with Crippen LogP contribution in [0.1, 0.15) is 0 Å². The molecule has 2 fully saturated rings. The predicted octanol–water partition coefficient (Wildman–Crippen LogP) is 1.40. The molecule has 0 radical (unpaired) electrons. The molecule has 4 rings (SSSR count). The largest absolute Gasteiger partial charge is 0.378 e. The minimum absolute atomic E-state index is 0.130. The monoisotopic (exact) mass is 428 g/mol. The fraction of sp³-hybridized carbons (Fsp3) is 0.421. The fourth-order valence-corrected chi connectivity index (χ4v) is 3.42. The van der Waals surface area contributed by atoms with Crippen molar-refractivity contribution >= 4 is 34.9 Å². The molecule has 2 aromatic rings. The van der Waals surface area contributed by atoms with Gasteiger partial charge < -0.3 is 25.2 Å². The maximum Gasteiger partial charge on any atom is 0.323 e. The predicted molar refractivity (Wildman–Crippen MR) is 115 cm³/mol. The van der Waals surface area contributed by atoms with Gasteiger partial charge in [-0.15, -0.1) is 0 Å². The fourth-order valence-electron chi connectivity index (χ4n) is 3.42. The number of rotatable bonds is 5. The summed E-state index contributed by atoms with van der Waals surface area (Å²) in [6.45, 7) is 5.24. The van der Waals surface area contributed by atoms with E-state index < -0.39 is 4.92 Å². The lowest BCUT2D eigenvalue weighted by atomic mass is 10.3. The zero-order chi connectivity index (χ0) is 21.6. The number of aromatic nitrogens is 2. The van der Waals surface area contributed by atoms with Gasteiger partial charge in [0.05, 0.1) is 18.1 Å². The molecule has 0 atom stereocenters. The first-order valence-corrected chi connectivity index (χ1v) is 10.1. The Morgan fingerprint density at radius 3 is 2.68 bits per heavy atom. The number of morpholine rings is 1. The highest BCUT2D eigenvalue weighted by molar-refractivity contribution is 5.89. The number of nitrogens with one attached hydrogen (secondary N) is 3. The van der Waals surface area contributed by atoms with Gasteiger partial charge >= 0.3 is 11.7 Å². The van der Waals surface area contributed by atoms with E-state index in [9.17, 15) is 14.9 Å². The molecule has 0 bridgehead atoms. The second-order valence-electron chi connectivity index (χ2n) is 7.12. The topological polar surface area (TPSA) is 138 Å². The van der Waals surface area contributed by atoms with Gasteiger partial charge in [0.25, 0.3) is 0 Å². The molecule has 3 N–H and O–H groups in total. The molecule has 2 aromatic heterocycles. The van der Waals surface area contributed by atoms with Crippen molar-refractivity contribution in [2.24, 2.45) is 0 Å². The van der Waals surface area contributed by atoms with E-state index in [0.29, 0.717) is 43.6 Å². The van der Waals surface area contributed by atoms with E-state index in [1.807, 2.05) is 0 Å². The quantitative estimate of drug-likeness (QED) is 0.476. The molecule has 2 amide bonds. The third-order valence-electron chi connectivity index (χ3n) is 5.05. The van der Waals surface area contributed by atoms with E-state index in [1.165, 1.54) is 12.3 Å². The standard InChI is InChI=1S/C19H24N8O4/c28-19(26-9-11-31-12-10-26)23-16-13-14(3-4-21-16)22-18-15(27(29)30)1-2-17(24-18)25-7-5-20-6-8-25/h1-4,13,20H,5-12H2,(H2,21,22,23,24,28). The van der Waals surface area contributed by atoms with Gasteiger partial charge in [-0.25, -0.2) is 14.8 Å². The van der Waals surface area contributed by atoms with Crippen molar-refractivity contribution < 1.29 is 14.5 Å². The van der Waals surface area contributed by atoms with E-state index in [4.69, 9.17) is 4.74 Å². The number of carbonyl (C=O) groups is 1. The number of anilines is 4. The molecular weight excluding hydrogens is 404 g/mol. The van der Waals surface area contributed by atoms with Crippen molar-refractivity contribution in [1.29, 1.82) is 0 Å². The van der Waals surface area contributed by atoms with Crippen LogP contribution in [-0.2, 0) is 4.74 Å². The van der Waals surface area contributed by atoms with Gasteiger partial charge in [0.2, 0.25) is 5.82 Å². The highest BCUT2D eigenvalue weighted by Crippen LogP contribution is 2.29. The summed E-state index contributed by atoms with van der Waals surface area (Å²) in [5.74, 6) is 1.14. The highest BCUT2D eigenvalue weighted by Gasteiger charge is 2.21. The molecule has 0 saturated carbocycles. The molecule has 12 nitrogen and oxygen atoms in total. The minimum Gasteiger partial charge on any atom is -0.378 e. The lowest BCUT2D eigenvalue weighted by Gasteiger charge is -2.28. The van der Waals surface area contributed by atoms with Crippen LogP contribution in [0.15, 0.2) is 30.5 Å². The van der Waals surface area contributed by atoms with Crippen LogP contribution in [0.2, 0.25) is 0 Å². The minimum atomic E-state index is -0.473. The van der Waals surface area contributed by atoms with Crippen molar-refractivity contribution in [2.75, 3.05) is 68.0 Å². The smallest absolute Gasteiger partial charge is 0.323 e. The Morgan fingerprint density at radius 1 is 1.16 bits per heavy atom. The molecule has 0 unspecified atom stereocenters. The average Bonchev–Trinajstić information content (AvgIpc) is 2.80. The number of carbonyl (C=O) groups excluding carboxylic acids is 1. The van der Waals surface area contributed by atoms with Gasteiger partial charge in [-0.1, -0.05) is 0 Å². The van der Waals surface area contributed by atoms with E-state index in [0.717, 1.165) is 26.2 Å². The number of hydrogen-bond acceptors (Lipinski definition) is 9. The summed E-state index contributed by atoms with van der Waals surface area (Å²) >= 11 is 0. The average molecular weight is 428 g/mol. The van der Waals surface area contributed by atoms with Crippen LogP contribution in [0.5, 0.6) is 0 Å². The summed E-state index contributed by atoms with van der Waals surface area (Å²) in [6, 6.07) is 6.12. The third kappa shape index (κ3) is 5.16. The lowest BCUT2D eigenvalue weighted by Crippen LogP contribution is -2.43. The summed E-state index contributed by atoms with van der Waals surface area (Å²) in [4.78, 5) is 35.8. The van der Waals surface area contributed by atoms with Gasteiger partial charge in [0.1, 0.15) is 11.6 Å². The first-order valence-electron chi connectivity index (χ1n) is 10.1. The highest BCUT2D eigenvalue weighted by atomic mass is 16.6. The van der Waals surface area contributed by atoms with E-state index in [1.54, 1.807) is 23.1 Å². The molecule has 164 valence electrons. The van der Waals surface area contributed by atoms with Gasteiger partial charge in [0.15, 0.2) is 0 Å². The number of ether oxygens (including phenoxy) is 1. The maximum atomic E-state index is 12.4. The van der Waals surface area contributed by atoms with Gasteiger partial charge in [-0.3, -0.25) is 15.4 Å². The Balaban J connectivity index is 1.51. The Labute approximate surface area is 178 Å². The Morgan fingerprint density at radius 2 is 1.94 bits per heavy atom. The number of pyridine rings is 2. The normalized spacial score (nSPS) is 16.6.